The molecule has 0 spiro atoms. The van der Waals surface area contributed by atoms with Crippen LogP contribution in [0.3, 0.4) is 0 Å². The predicted molar refractivity (Wildman–Crippen MR) is 68.5 cm³/mol. The van der Waals surface area contributed by atoms with Crippen molar-refractivity contribution in [3.63, 3.8) is 0 Å². The topological polar surface area (TPSA) is 73.3 Å². The average molecular weight is 251 g/mol. The average Bonchev–Trinajstić information content (AvgIpc) is 2.26. The SMILES string of the molecule is C=Cc1cc(NC(=O)OC(C)(C)C)c(OC)nn1. The molecule has 6 heteroatoms. The van der Waals surface area contributed by atoms with Crippen molar-refractivity contribution >= 4 is 17.9 Å². The van der Waals surface area contributed by atoms with E-state index in [1.54, 1.807) is 26.8 Å². The number of carbonyl (C=O) groups excluding carboxylic acids is 1. The van der Waals surface area contributed by atoms with E-state index in [0.717, 1.165) is 0 Å². The zero-order valence-corrected chi connectivity index (χ0v) is 11.0. The van der Waals surface area contributed by atoms with Crippen LogP contribution in [-0.4, -0.2) is 29.0 Å². The summed E-state index contributed by atoms with van der Waals surface area (Å²) in [6.07, 6.45) is 0.941. The number of methoxy groups -OCH3 is 1. The van der Waals surface area contributed by atoms with Crippen molar-refractivity contribution in [3.8, 4) is 5.88 Å². The molecule has 1 rings (SSSR count). The number of rotatable bonds is 3. The first-order chi connectivity index (χ1) is 8.35. The van der Waals surface area contributed by atoms with Crippen molar-refractivity contribution in [1.29, 1.82) is 0 Å². The van der Waals surface area contributed by atoms with E-state index in [1.807, 2.05) is 0 Å². The van der Waals surface area contributed by atoms with Crippen LogP contribution in [0.1, 0.15) is 26.5 Å². The molecule has 0 unspecified atom stereocenters. The van der Waals surface area contributed by atoms with Crippen molar-refractivity contribution in [1.82, 2.24) is 10.2 Å². The first-order valence-corrected chi connectivity index (χ1v) is 5.40. The molecule has 0 saturated heterocycles. The van der Waals surface area contributed by atoms with E-state index in [0.29, 0.717) is 11.4 Å². The summed E-state index contributed by atoms with van der Waals surface area (Å²) in [6.45, 7) is 8.92. The molecule has 0 fully saturated rings. The van der Waals surface area contributed by atoms with Crippen molar-refractivity contribution < 1.29 is 14.3 Å². The van der Waals surface area contributed by atoms with Gasteiger partial charge in [-0.15, -0.1) is 10.2 Å². The summed E-state index contributed by atoms with van der Waals surface area (Å²) in [7, 11) is 1.44. The van der Waals surface area contributed by atoms with Crippen LogP contribution in [0.5, 0.6) is 5.88 Å². The van der Waals surface area contributed by atoms with E-state index in [4.69, 9.17) is 9.47 Å². The van der Waals surface area contributed by atoms with Gasteiger partial charge in [0.25, 0.3) is 5.88 Å². The van der Waals surface area contributed by atoms with Crippen LogP contribution in [0.2, 0.25) is 0 Å². The van der Waals surface area contributed by atoms with Gasteiger partial charge >= 0.3 is 6.09 Å². The Morgan fingerprint density at radius 1 is 1.44 bits per heavy atom. The van der Waals surface area contributed by atoms with Crippen LogP contribution in [0.4, 0.5) is 10.5 Å². The lowest BCUT2D eigenvalue weighted by Crippen LogP contribution is -2.27. The van der Waals surface area contributed by atoms with Gasteiger partial charge < -0.3 is 9.47 Å². The highest BCUT2D eigenvalue weighted by molar-refractivity contribution is 5.86. The molecule has 1 aromatic rings. The first-order valence-electron chi connectivity index (χ1n) is 5.40. The fraction of sp³-hybridized carbons (Fsp3) is 0.417. The maximum Gasteiger partial charge on any atom is 0.412 e. The number of aromatic nitrogens is 2. The third-order valence-corrected chi connectivity index (χ3v) is 1.82. The monoisotopic (exact) mass is 251 g/mol. The summed E-state index contributed by atoms with van der Waals surface area (Å²) < 4.78 is 10.1. The van der Waals surface area contributed by atoms with Gasteiger partial charge in [-0.3, -0.25) is 5.32 Å². The summed E-state index contributed by atoms with van der Waals surface area (Å²) in [5.74, 6) is 0.214. The smallest absolute Gasteiger partial charge is 0.412 e. The molecular weight excluding hydrogens is 234 g/mol. The molecule has 0 atom stereocenters. The summed E-state index contributed by atoms with van der Waals surface area (Å²) in [4.78, 5) is 11.6. The largest absolute Gasteiger partial charge is 0.478 e. The predicted octanol–water partition coefficient (Wildman–Crippen LogP) is 2.48. The molecule has 18 heavy (non-hydrogen) atoms. The standard InChI is InChI=1S/C12H17N3O3/c1-6-8-7-9(10(17-5)15-14-8)13-11(16)18-12(2,3)4/h6-7H,1H2,2-5H3,(H,13,14,16). The Morgan fingerprint density at radius 3 is 2.61 bits per heavy atom. The molecule has 0 bridgehead atoms. The molecule has 1 amide bonds. The summed E-state index contributed by atoms with van der Waals surface area (Å²) in [6, 6.07) is 1.60. The van der Waals surface area contributed by atoms with Gasteiger partial charge in [0, 0.05) is 0 Å². The van der Waals surface area contributed by atoms with Crippen LogP contribution < -0.4 is 10.1 Å². The lowest BCUT2D eigenvalue weighted by molar-refractivity contribution is 0.0635. The Bertz CT molecular complexity index is 452. The number of hydrogen-bond acceptors (Lipinski definition) is 5. The van der Waals surface area contributed by atoms with Crippen LogP contribution in [0.25, 0.3) is 6.08 Å². The minimum atomic E-state index is -0.580. The summed E-state index contributed by atoms with van der Waals surface area (Å²) >= 11 is 0. The van der Waals surface area contributed by atoms with Gasteiger partial charge in [-0.25, -0.2) is 4.79 Å². The molecule has 0 radical (unpaired) electrons. The van der Waals surface area contributed by atoms with E-state index >= 15 is 0 Å². The Hall–Kier alpha value is -2.11. The van der Waals surface area contributed by atoms with Crippen molar-refractivity contribution in [2.45, 2.75) is 26.4 Å². The molecule has 0 aromatic carbocycles. The Morgan fingerprint density at radius 2 is 2.11 bits per heavy atom. The van der Waals surface area contributed by atoms with Gasteiger partial charge in [0.15, 0.2) is 0 Å². The van der Waals surface area contributed by atoms with Crippen molar-refractivity contribution in [3.05, 3.63) is 18.3 Å². The van der Waals surface area contributed by atoms with Crippen LogP contribution in [-0.2, 0) is 4.74 Å². The second-order valence-corrected chi connectivity index (χ2v) is 4.52. The number of nitrogens with zero attached hydrogens (tertiary/aromatic N) is 2. The minimum Gasteiger partial charge on any atom is -0.478 e. The summed E-state index contributed by atoms with van der Waals surface area (Å²) in [5.41, 5.74) is 0.345. The normalized spacial score (nSPS) is 10.7. The van der Waals surface area contributed by atoms with E-state index < -0.39 is 11.7 Å². The Balaban J connectivity index is 2.88. The third kappa shape index (κ3) is 4.04. The van der Waals surface area contributed by atoms with Crippen molar-refractivity contribution in [2.75, 3.05) is 12.4 Å². The second kappa shape index (κ2) is 5.48. The maximum atomic E-state index is 11.6. The minimum absolute atomic E-state index is 0.214. The van der Waals surface area contributed by atoms with Crippen LogP contribution >= 0.6 is 0 Å². The molecule has 98 valence electrons. The molecule has 1 aromatic heterocycles. The lowest BCUT2D eigenvalue weighted by atomic mass is 10.2. The van der Waals surface area contributed by atoms with E-state index in [9.17, 15) is 4.79 Å². The number of carbonyl (C=O) groups is 1. The number of amides is 1. The molecule has 0 saturated carbocycles. The van der Waals surface area contributed by atoms with E-state index in [1.165, 1.54) is 13.2 Å². The fourth-order valence-corrected chi connectivity index (χ4v) is 1.15. The first kappa shape index (κ1) is 14.0. The number of ether oxygens (including phenoxy) is 2. The number of nitrogens with one attached hydrogen (secondary N) is 1. The highest BCUT2D eigenvalue weighted by Crippen LogP contribution is 2.22. The molecule has 0 aliphatic carbocycles. The van der Waals surface area contributed by atoms with Gasteiger partial charge in [0.2, 0.25) is 0 Å². The van der Waals surface area contributed by atoms with E-state index in [2.05, 4.69) is 22.1 Å². The summed E-state index contributed by atoms with van der Waals surface area (Å²) in [5, 5.41) is 10.2. The quantitative estimate of drug-likeness (QED) is 0.893. The molecule has 0 aliphatic heterocycles. The molecular formula is C12H17N3O3. The number of anilines is 1. The zero-order chi connectivity index (χ0) is 13.8. The maximum absolute atomic E-state index is 11.6. The molecule has 6 nitrogen and oxygen atoms in total. The number of hydrogen-bond donors (Lipinski definition) is 1. The lowest BCUT2D eigenvalue weighted by Gasteiger charge is -2.20. The highest BCUT2D eigenvalue weighted by Gasteiger charge is 2.18. The van der Waals surface area contributed by atoms with Gasteiger partial charge in [0.1, 0.15) is 11.3 Å². The zero-order valence-electron chi connectivity index (χ0n) is 11.0. The highest BCUT2D eigenvalue weighted by atomic mass is 16.6. The van der Waals surface area contributed by atoms with Crippen LogP contribution in [0.15, 0.2) is 12.6 Å². The molecule has 0 aliphatic rings. The molecule has 1 heterocycles. The van der Waals surface area contributed by atoms with Gasteiger partial charge in [-0.1, -0.05) is 6.58 Å². The third-order valence-electron chi connectivity index (χ3n) is 1.82. The Kier molecular flexibility index (Phi) is 4.25. The van der Waals surface area contributed by atoms with Gasteiger partial charge in [-0.2, -0.15) is 0 Å². The van der Waals surface area contributed by atoms with Crippen LogP contribution in [0, 0.1) is 0 Å². The second-order valence-electron chi connectivity index (χ2n) is 4.52. The van der Waals surface area contributed by atoms with E-state index in [-0.39, 0.29) is 5.88 Å². The van der Waals surface area contributed by atoms with Crippen molar-refractivity contribution in [2.24, 2.45) is 0 Å². The van der Waals surface area contributed by atoms with Gasteiger partial charge in [0.05, 0.1) is 12.8 Å². The fourth-order valence-electron chi connectivity index (χ4n) is 1.15. The van der Waals surface area contributed by atoms with Gasteiger partial charge in [-0.05, 0) is 32.9 Å². The molecule has 1 N–H and O–H groups in total. The Labute approximate surface area is 106 Å².